The summed E-state index contributed by atoms with van der Waals surface area (Å²) >= 11 is 0. The predicted molar refractivity (Wildman–Crippen MR) is 119 cm³/mol. The molecule has 0 bridgehead atoms. The standard InChI is InChI=1S/C24H30N4O2/c1-28(2)21(24(29)27-18-6-4-3-5-7-18)16-17-8-10-19(11-9-17)30-22-13-15-26-23-20(22)12-14-25-23/h8-15,18,21H,3-7,16H2,1-2H3,(H,25,26)(H,27,29). The van der Waals surface area contributed by atoms with Gasteiger partial charge in [-0.3, -0.25) is 9.69 Å². The van der Waals surface area contributed by atoms with Gasteiger partial charge in [0.15, 0.2) is 0 Å². The molecular weight excluding hydrogens is 376 g/mol. The third-order valence-corrected chi connectivity index (χ3v) is 5.88. The van der Waals surface area contributed by atoms with Crippen LogP contribution < -0.4 is 10.1 Å². The molecule has 1 unspecified atom stereocenters. The zero-order valence-electron chi connectivity index (χ0n) is 17.7. The van der Waals surface area contributed by atoms with Gasteiger partial charge in [0.05, 0.1) is 11.4 Å². The van der Waals surface area contributed by atoms with Crippen molar-refractivity contribution >= 4 is 16.9 Å². The van der Waals surface area contributed by atoms with E-state index in [-0.39, 0.29) is 11.9 Å². The van der Waals surface area contributed by atoms with Crippen LogP contribution in [0.1, 0.15) is 37.7 Å². The number of amides is 1. The molecule has 6 nitrogen and oxygen atoms in total. The van der Waals surface area contributed by atoms with Crippen LogP contribution in [0.2, 0.25) is 0 Å². The number of nitrogens with zero attached hydrogens (tertiary/aromatic N) is 2. The lowest BCUT2D eigenvalue weighted by atomic mass is 9.95. The maximum atomic E-state index is 12.9. The largest absolute Gasteiger partial charge is 0.457 e. The molecule has 2 N–H and O–H groups in total. The highest BCUT2D eigenvalue weighted by atomic mass is 16.5. The van der Waals surface area contributed by atoms with Crippen molar-refractivity contribution < 1.29 is 9.53 Å². The maximum absolute atomic E-state index is 12.9. The minimum absolute atomic E-state index is 0.124. The van der Waals surface area contributed by atoms with Gasteiger partial charge < -0.3 is 15.0 Å². The minimum Gasteiger partial charge on any atom is -0.457 e. The lowest BCUT2D eigenvalue weighted by Crippen LogP contribution is -2.48. The second-order valence-corrected chi connectivity index (χ2v) is 8.32. The molecule has 2 heterocycles. The molecule has 1 aromatic carbocycles. The molecule has 2 aromatic heterocycles. The van der Waals surface area contributed by atoms with Gasteiger partial charge in [-0.2, -0.15) is 0 Å². The summed E-state index contributed by atoms with van der Waals surface area (Å²) in [6, 6.07) is 12.0. The van der Waals surface area contributed by atoms with Gasteiger partial charge in [-0.25, -0.2) is 4.98 Å². The van der Waals surface area contributed by atoms with Gasteiger partial charge in [-0.15, -0.1) is 0 Å². The molecule has 1 atom stereocenters. The van der Waals surface area contributed by atoms with Gasteiger partial charge in [-0.05, 0) is 63.2 Å². The number of ether oxygens (including phenoxy) is 1. The molecule has 3 aromatic rings. The van der Waals surface area contributed by atoms with E-state index >= 15 is 0 Å². The first kappa shape index (κ1) is 20.4. The fourth-order valence-corrected chi connectivity index (χ4v) is 4.12. The first-order valence-corrected chi connectivity index (χ1v) is 10.8. The van der Waals surface area contributed by atoms with Crippen molar-refractivity contribution in [2.45, 2.75) is 50.6 Å². The highest BCUT2D eigenvalue weighted by Crippen LogP contribution is 2.28. The Morgan fingerprint density at radius 1 is 1.17 bits per heavy atom. The maximum Gasteiger partial charge on any atom is 0.237 e. The number of nitrogens with one attached hydrogen (secondary N) is 2. The summed E-state index contributed by atoms with van der Waals surface area (Å²) in [6.45, 7) is 0. The fraction of sp³-hybridized carbons (Fsp3) is 0.417. The summed E-state index contributed by atoms with van der Waals surface area (Å²) in [5.74, 6) is 1.66. The number of rotatable bonds is 7. The van der Waals surface area contributed by atoms with Gasteiger partial charge in [0.1, 0.15) is 17.1 Å². The predicted octanol–water partition coefficient (Wildman–Crippen LogP) is 4.28. The Balaban J connectivity index is 1.40. The summed E-state index contributed by atoms with van der Waals surface area (Å²) < 4.78 is 6.06. The van der Waals surface area contributed by atoms with E-state index in [1.165, 1.54) is 19.3 Å². The van der Waals surface area contributed by atoms with Crippen LogP contribution in [0.25, 0.3) is 11.0 Å². The molecule has 1 fully saturated rings. The molecular formula is C24H30N4O2. The van der Waals surface area contributed by atoms with E-state index in [0.29, 0.717) is 12.5 Å². The van der Waals surface area contributed by atoms with E-state index in [1.807, 2.05) is 61.6 Å². The molecule has 0 saturated heterocycles. The van der Waals surface area contributed by atoms with Gasteiger partial charge in [-0.1, -0.05) is 31.4 Å². The number of hydrogen-bond donors (Lipinski definition) is 2. The highest BCUT2D eigenvalue weighted by molar-refractivity contribution is 5.83. The molecule has 158 valence electrons. The van der Waals surface area contributed by atoms with E-state index in [9.17, 15) is 4.79 Å². The molecule has 4 rings (SSSR count). The van der Waals surface area contributed by atoms with Crippen molar-refractivity contribution in [3.05, 3.63) is 54.4 Å². The topological polar surface area (TPSA) is 70.2 Å². The van der Waals surface area contributed by atoms with Crippen LogP contribution in [0.4, 0.5) is 0 Å². The highest BCUT2D eigenvalue weighted by Gasteiger charge is 2.24. The molecule has 1 amide bonds. The van der Waals surface area contributed by atoms with E-state index in [4.69, 9.17) is 4.74 Å². The van der Waals surface area contributed by atoms with Crippen molar-refractivity contribution in [2.75, 3.05) is 14.1 Å². The third-order valence-electron chi connectivity index (χ3n) is 5.88. The molecule has 0 aliphatic heterocycles. The summed E-state index contributed by atoms with van der Waals surface area (Å²) in [4.78, 5) is 22.3. The number of carbonyl (C=O) groups excluding carboxylic acids is 1. The fourth-order valence-electron chi connectivity index (χ4n) is 4.12. The Morgan fingerprint density at radius 3 is 2.67 bits per heavy atom. The van der Waals surface area contributed by atoms with Gasteiger partial charge in [0, 0.05) is 18.4 Å². The smallest absolute Gasteiger partial charge is 0.237 e. The van der Waals surface area contributed by atoms with Crippen molar-refractivity contribution in [1.29, 1.82) is 0 Å². The summed E-state index contributed by atoms with van der Waals surface area (Å²) in [5.41, 5.74) is 1.92. The molecule has 0 radical (unpaired) electrons. The van der Waals surface area contributed by atoms with E-state index in [2.05, 4.69) is 15.3 Å². The van der Waals surface area contributed by atoms with Gasteiger partial charge >= 0.3 is 0 Å². The SMILES string of the molecule is CN(C)C(Cc1ccc(Oc2ccnc3[nH]ccc23)cc1)C(=O)NC1CCCCC1. The Bertz CT molecular complexity index is 974. The first-order valence-electron chi connectivity index (χ1n) is 10.8. The quantitative estimate of drug-likeness (QED) is 0.615. The van der Waals surface area contributed by atoms with Crippen LogP contribution in [-0.4, -0.2) is 47.0 Å². The Hall–Kier alpha value is -2.86. The van der Waals surface area contributed by atoms with Crippen molar-refractivity contribution in [3.8, 4) is 11.5 Å². The second kappa shape index (κ2) is 9.30. The van der Waals surface area contributed by atoms with Crippen molar-refractivity contribution in [2.24, 2.45) is 0 Å². The Morgan fingerprint density at radius 2 is 1.93 bits per heavy atom. The van der Waals surface area contributed by atoms with Crippen molar-refractivity contribution in [1.82, 2.24) is 20.2 Å². The lowest BCUT2D eigenvalue weighted by Gasteiger charge is -2.28. The number of hydrogen-bond acceptors (Lipinski definition) is 4. The second-order valence-electron chi connectivity index (χ2n) is 8.32. The number of fused-ring (bicyclic) bond motifs is 1. The average Bonchev–Trinajstić information content (AvgIpc) is 3.23. The number of likely N-dealkylation sites (N-methyl/N-ethyl adjacent to an activating group) is 1. The lowest BCUT2D eigenvalue weighted by molar-refractivity contribution is -0.126. The zero-order valence-corrected chi connectivity index (χ0v) is 17.7. The van der Waals surface area contributed by atoms with Crippen molar-refractivity contribution in [3.63, 3.8) is 0 Å². The number of H-pyrrole nitrogens is 1. The summed E-state index contributed by atoms with van der Waals surface area (Å²) in [5, 5.41) is 4.22. The summed E-state index contributed by atoms with van der Waals surface area (Å²) in [6.07, 6.45) is 10.2. The zero-order chi connectivity index (χ0) is 20.9. The van der Waals surface area contributed by atoms with Crippen LogP contribution in [-0.2, 0) is 11.2 Å². The normalized spacial score (nSPS) is 16.0. The third kappa shape index (κ3) is 4.82. The van der Waals surface area contributed by atoms with E-state index < -0.39 is 0 Å². The van der Waals surface area contributed by atoms with Gasteiger partial charge in [0.25, 0.3) is 0 Å². The van der Waals surface area contributed by atoms with Crippen LogP contribution in [0.3, 0.4) is 0 Å². The first-order chi connectivity index (χ1) is 14.6. The number of aromatic nitrogens is 2. The number of pyridine rings is 1. The molecule has 1 aliphatic rings. The van der Waals surface area contributed by atoms with Gasteiger partial charge in [0.2, 0.25) is 5.91 Å². The average molecular weight is 407 g/mol. The van der Waals surface area contributed by atoms with Crippen LogP contribution >= 0.6 is 0 Å². The Labute approximate surface area is 177 Å². The van der Waals surface area contributed by atoms with Crippen LogP contribution in [0.5, 0.6) is 11.5 Å². The molecule has 0 spiro atoms. The van der Waals surface area contributed by atoms with Crippen LogP contribution in [0, 0.1) is 0 Å². The minimum atomic E-state index is -0.182. The molecule has 1 saturated carbocycles. The molecule has 30 heavy (non-hydrogen) atoms. The molecule has 6 heteroatoms. The van der Waals surface area contributed by atoms with E-state index in [1.54, 1.807) is 6.20 Å². The number of benzene rings is 1. The number of carbonyl (C=O) groups is 1. The van der Waals surface area contributed by atoms with E-state index in [0.717, 1.165) is 40.9 Å². The summed E-state index contributed by atoms with van der Waals surface area (Å²) in [7, 11) is 3.93. The Kier molecular flexibility index (Phi) is 6.33. The van der Waals surface area contributed by atoms with Crippen LogP contribution in [0.15, 0.2) is 48.8 Å². The monoisotopic (exact) mass is 406 g/mol. The molecule has 1 aliphatic carbocycles. The number of aromatic amines is 1.